The SMILES string of the molecule is C=C(C)[C@@H]1CC[C@]2(c3ncn(CCN4CCS(=C)(=O)CC4)n3)CC[C@]3(C)[C@H](CC[C@@H]4[C@@]5(C)CC=C(c6ccc(C(=O)O)cc6)C(C)(C)[C@@H]5CC[C@]43C)[C@@H]12.C=C(C)[C@@H]1CC[C@]2(c3ncnn3C)CC[C@]3(C)[C@H](CC[C@@H]4[C@@]5(C)CC=C(c6ccc(C(=O)O)cc6)C(C)(C)[C@@H]5CC[C@]43C)[C@@H]12. The van der Waals surface area contributed by atoms with Gasteiger partial charge in [0.05, 0.1) is 17.7 Å². The third-order valence-corrected chi connectivity index (χ3v) is 34.4. The molecule has 9 fully saturated rings. The first-order valence-corrected chi connectivity index (χ1v) is 39.9. The van der Waals surface area contributed by atoms with Gasteiger partial charge in [0.2, 0.25) is 0 Å². The lowest BCUT2D eigenvalue weighted by atomic mass is 9.32. The fourth-order valence-electron chi connectivity index (χ4n) is 27.5. The first-order chi connectivity index (χ1) is 45.7. The van der Waals surface area contributed by atoms with E-state index in [1.165, 1.54) is 129 Å². The van der Waals surface area contributed by atoms with Crippen LogP contribution in [-0.4, -0.2) is 97.8 Å². The molecule has 97 heavy (non-hydrogen) atoms. The zero-order chi connectivity index (χ0) is 69.2. The van der Waals surface area contributed by atoms with Crippen molar-refractivity contribution >= 4 is 38.5 Å². The van der Waals surface area contributed by atoms with Crippen molar-refractivity contribution in [1.82, 2.24) is 34.4 Å². The largest absolute Gasteiger partial charge is 0.478 e. The van der Waals surface area contributed by atoms with Crippen molar-refractivity contribution in [3.8, 4) is 0 Å². The number of nitrogens with zero attached hydrogens (tertiary/aromatic N) is 7. The number of rotatable bonds is 11. The number of aromatic carboxylic acids is 2. The highest BCUT2D eigenvalue weighted by Gasteiger charge is 2.74. The first-order valence-electron chi connectivity index (χ1n) is 37.8. The number of aryl methyl sites for hydroxylation is 1. The van der Waals surface area contributed by atoms with Crippen LogP contribution in [0.2, 0.25) is 0 Å². The van der Waals surface area contributed by atoms with Gasteiger partial charge in [0.1, 0.15) is 18.5 Å². The van der Waals surface area contributed by atoms with E-state index in [1.807, 2.05) is 30.6 Å². The summed E-state index contributed by atoms with van der Waals surface area (Å²) in [7, 11) is 0.210. The standard InChI is InChI=1S/C45H64N4O3S.C39H53N3O2/c1-30(2)33-15-20-45(40-46-29-49(47-40)24-23-48-25-27-53(8,52)28-26-48)22-21-43(6)35(38(33)45)13-14-37-42(5)18-16-34(31-9-11-32(12-10-31)39(50)51)41(3,4)36(42)17-19-44(37,43)7;1-24(2)27-15-20-39(34-40-23-41-42(34)8)22-21-37(6)29(32(27)39)13-14-31-36(5)18-16-28(25-9-11-26(12-10-25)33(43)44)35(3,4)30(36)17-19-38(31,37)7/h9-12,16,29,33,35-38H,1,8,13-15,17-28H2,2-7H3,(H,50,51);9-12,16,23,27,29-32H,1,13-15,17-22H2,2-8H3,(H,43,44)/t33-,35+,36-,37+,38+,42-,43+,44+,45-;27-,29+,30-,31+,32+,36-,37+,38+,39-/m00/s1. The summed E-state index contributed by atoms with van der Waals surface area (Å²) in [5, 5.41) is 28.9. The monoisotopic (exact) mass is 1340 g/mol. The van der Waals surface area contributed by atoms with E-state index in [-0.39, 0.29) is 48.7 Å². The van der Waals surface area contributed by atoms with Crippen molar-refractivity contribution in [1.29, 1.82) is 0 Å². The van der Waals surface area contributed by atoms with E-state index < -0.39 is 21.5 Å². The van der Waals surface area contributed by atoms with Crippen molar-refractivity contribution in [3.63, 3.8) is 0 Å². The Balaban J connectivity index is 0.000000169. The average molecular weight is 1340 g/mol. The molecular formula is C84H117N7O5S. The van der Waals surface area contributed by atoms with Crippen LogP contribution in [-0.2, 0) is 33.9 Å². The van der Waals surface area contributed by atoms with Gasteiger partial charge in [-0.05, 0) is 294 Å². The lowest BCUT2D eigenvalue weighted by molar-refractivity contribution is -0.219. The number of carbonyl (C=O) groups is 2. The van der Waals surface area contributed by atoms with Gasteiger partial charge in [0, 0.05) is 49.0 Å². The second-order valence-electron chi connectivity index (χ2n) is 36.8. The van der Waals surface area contributed by atoms with Crippen LogP contribution in [0.15, 0.2) is 97.6 Å². The second-order valence-corrected chi connectivity index (χ2v) is 39.5. The number of hydrogen-bond acceptors (Lipinski definition) is 8. The van der Waals surface area contributed by atoms with Gasteiger partial charge >= 0.3 is 11.9 Å². The zero-order valence-electron chi connectivity index (χ0n) is 61.5. The Morgan fingerprint density at radius 1 is 0.557 bits per heavy atom. The van der Waals surface area contributed by atoms with Crippen LogP contribution in [0, 0.1) is 102 Å². The van der Waals surface area contributed by atoms with Crippen molar-refractivity contribution in [2.45, 2.75) is 216 Å². The van der Waals surface area contributed by atoms with E-state index in [0.29, 0.717) is 87.2 Å². The summed E-state index contributed by atoms with van der Waals surface area (Å²) in [6, 6.07) is 15.2. The van der Waals surface area contributed by atoms with Gasteiger partial charge in [0.15, 0.2) is 5.82 Å². The molecule has 2 N–H and O–H groups in total. The van der Waals surface area contributed by atoms with Gasteiger partial charge in [-0.15, -0.1) is 0 Å². The fourth-order valence-corrected chi connectivity index (χ4v) is 28.9. The molecule has 8 saturated carbocycles. The molecule has 3 heterocycles. The number of fused-ring (bicyclic) bond motifs is 14. The molecule has 0 bridgehead atoms. The molecule has 10 aliphatic carbocycles. The van der Waals surface area contributed by atoms with E-state index in [0.717, 1.165) is 57.7 Å². The molecule has 0 amide bonds. The van der Waals surface area contributed by atoms with Gasteiger partial charge in [-0.25, -0.2) is 19.6 Å². The summed E-state index contributed by atoms with van der Waals surface area (Å²) in [4.78, 5) is 35.6. The smallest absolute Gasteiger partial charge is 0.335 e. The Bertz CT molecular complexity index is 3950. The number of carboxylic acids is 2. The molecule has 15 rings (SSSR count). The summed E-state index contributed by atoms with van der Waals surface area (Å²) in [5.41, 5.74) is 10.3. The van der Waals surface area contributed by atoms with Crippen LogP contribution in [0.3, 0.4) is 0 Å². The van der Waals surface area contributed by atoms with E-state index in [2.05, 4.69) is 141 Å². The van der Waals surface area contributed by atoms with Gasteiger partial charge in [-0.2, -0.15) is 10.2 Å². The third-order valence-electron chi connectivity index (χ3n) is 32.5. The van der Waals surface area contributed by atoms with Crippen molar-refractivity contribution < 1.29 is 24.0 Å². The van der Waals surface area contributed by atoms with Crippen LogP contribution >= 0.6 is 0 Å². The molecule has 4 aromatic rings. The van der Waals surface area contributed by atoms with Gasteiger partial charge in [0.25, 0.3) is 0 Å². The summed E-state index contributed by atoms with van der Waals surface area (Å²) in [6.07, 6.45) is 30.9. The topological polar surface area (TPSA) is 156 Å². The van der Waals surface area contributed by atoms with E-state index in [9.17, 15) is 24.0 Å². The lowest BCUT2D eigenvalue weighted by Gasteiger charge is -2.72. The molecule has 1 aliphatic heterocycles. The Labute approximate surface area is 581 Å². The molecule has 11 aliphatic rings. The van der Waals surface area contributed by atoms with Gasteiger partial charge < -0.3 is 10.2 Å². The van der Waals surface area contributed by atoms with Crippen LogP contribution < -0.4 is 0 Å². The van der Waals surface area contributed by atoms with Crippen molar-refractivity contribution in [2.24, 2.45) is 110 Å². The summed E-state index contributed by atoms with van der Waals surface area (Å²) in [6.45, 7) is 43.2. The zero-order valence-corrected chi connectivity index (χ0v) is 62.3. The molecule has 0 radical (unpaired) electrons. The molecule has 1 saturated heterocycles. The Morgan fingerprint density at radius 2 is 1.01 bits per heavy atom. The fraction of sp³-hybridized carbons (Fsp3) is 0.679. The highest BCUT2D eigenvalue weighted by molar-refractivity contribution is 8.00. The third kappa shape index (κ3) is 10.2. The van der Waals surface area contributed by atoms with E-state index in [4.69, 9.17) is 15.1 Å². The molecular weight excluding hydrogens is 1220 g/mol. The second kappa shape index (κ2) is 23.6. The first kappa shape index (κ1) is 68.7. The molecule has 0 spiro atoms. The summed E-state index contributed by atoms with van der Waals surface area (Å²) >= 11 is 0. The Morgan fingerprint density at radius 3 is 1.45 bits per heavy atom. The van der Waals surface area contributed by atoms with Crippen LogP contribution in [0.1, 0.15) is 242 Å². The molecule has 524 valence electrons. The lowest BCUT2D eigenvalue weighted by Crippen LogP contribution is -2.65. The minimum absolute atomic E-state index is 0.00239. The molecule has 2 aromatic heterocycles. The summed E-state index contributed by atoms with van der Waals surface area (Å²) < 4.78 is 16.6. The highest BCUT2D eigenvalue weighted by Crippen LogP contribution is 2.80. The minimum atomic E-state index is -1.89. The number of carboxylic acid groups (broad SMARTS) is 2. The summed E-state index contributed by atoms with van der Waals surface area (Å²) in [5.74, 6) is 11.9. The van der Waals surface area contributed by atoms with Crippen LogP contribution in [0.5, 0.6) is 0 Å². The number of benzene rings is 2. The maximum Gasteiger partial charge on any atom is 0.335 e. The van der Waals surface area contributed by atoms with Gasteiger partial charge in [-0.1, -0.05) is 130 Å². The molecule has 12 nitrogen and oxygen atoms in total. The van der Waals surface area contributed by atoms with Crippen molar-refractivity contribution in [2.75, 3.05) is 31.1 Å². The molecule has 13 heteroatoms. The predicted octanol–water partition coefficient (Wildman–Crippen LogP) is 17.7. The van der Waals surface area contributed by atoms with Gasteiger partial charge in [-0.3, -0.25) is 18.5 Å². The predicted molar refractivity (Wildman–Crippen MR) is 392 cm³/mol. The van der Waals surface area contributed by atoms with E-state index >= 15 is 0 Å². The number of aromatic nitrogens is 6. The number of hydrogen-bond donors (Lipinski definition) is 2. The Kier molecular flexibility index (Phi) is 16.7. The van der Waals surface area contributed by atoms with Crippen molar-refractivity contribution in [3.05, 3.63) is 132 Å². The quantitative estimate of drug-likeness (QED) is 0.109. The van der Waals surface area contributed by atoms with Crippen LogP contribution in [0.25, 0.3) is 11.1 Å². The maximum atomic E-state index is 12.4. The minimum Gasteiger partial charge on any atom is -0.478 e. The molecule has 2 aromatic carbocycles. The molecule has 18 atom stereocenters. The highest BCUT2D eigenvalue weighted by atomic mass is 32.2. The number of allylic oxidation sites excluding steroid dienone is 6. The Hall–Kier alpha value is -5.40. The maximum absolute atomic E-state index is 12.4. The normalized spacial score (nSPS) is 41.2. The van der Waals surface area contributed by atoms with E-state index in [1.54, 1.807) is 30.6 Å². The van der Waals surface area contributed by atoms with Crippen LogP contribution in [0.4, 0.5) is 0 Å². The molecule has 0 unspecified atom stereocenters. The average Bonchev–Trinajstić information content (AvgIpc) is 1.61.